The van der Waals surface area contributed by atoms with Crippen LogP contribution in [0.5, 0.6) is 0 Å². The van der Waals surface area contributed by atoms with Crippen LogP contribution in [0.4, 0.5) is 0 Å². The fraction of sp³-hybridized carbons (Fsp3) is 0.526. The number of nitrogens with zero attached hydrogens (tertiary/aromatic N) is 2. The third-order valence-electron chi connectivity index (χ3n) is 5.77. The molecule has 2 fully saturated rings. The van der Waals surface area contributed by atoms with Crippen molar-refractivity contribution in [3.8, 4) is 0 Å². The Morgan fingerprint density at radius 1 is 1.08 bits per heavy atom. The van der Waals surface area contributed by atoms with E-state index in [1.807, 2.05) is 6.07 Å². The van der Waals surface area contributed by atoms with E-state index in [1.165, 1.54) is 12.6 Å². The zero-order chi connectivity index (χ0) is 17.6. The zero-order valence-electron chi connectivity index (χ0n) is 14.5. The number of amides is 3. The standard InChI is InChI=1S/C19H23N3O3/c1-21-17(23)5-4-16(19(21)25)22-11-14-10-13(2-3-15(14)18(22)24)12-6-8-20-9-7-12/h2-3,10,12,16,20H,4-9,11H2,1H3. The van der Waals surface area contributed by atoms with E-state index in [4.69, 9.17) is 0 Å². The van der Waals surface area contributed by atoms with Gasteiger partial charge in [-0.3, -0.25) is 19.3 Å². The molecule has 0 spiro atoms. The minimum absolute atomic E-state index is 0.0899. The molecule has 1 aromatic rings. The molecule has 0 bridgehead atoms. The van der Waals surface area contributed by atoms with Crippen LogP contribution in [-0.4, -0.2) is 53.7 Å². The highest BCUT2D eigenvalue weighted by Crippen LogP contribution is 2.33. The lowest BCUT2D eigenvalue weighted by atomic mass is 9.88. The Balaban J connectivity index is 1.56. The molecule has 2 saturated heterocycles. The van der Waals surface area contributed by atoms with Crippen molar-refractivity contribution in [3.63, 3.8) is 0 Å². The van der Waals surface area contributed by atoms with Crippen LogP contribution in [0.2, 0.25) is 0 Å². The van der Waals surface area contributed by atoms with Gasteiger partial charge in [-0.2, -0.15) is 0 Å². The Morgan fingerprint density at radius 2 is 1.84 bits per heavy atom. The molecule has 132 valence electrons. The monoisotopic (exact) mass is 341 g/mol. The summed E-state index contributed by atoms with van der Waals surface area (Å²) in [5.41, 5.74) is 3.00. The van der Waals surface area contributed by atoms with Crippen molar-refractivity contribution in [2.45, 2.75) is 44.2 Å². The average molecular weight is 341 g/mol. The second kappa shape index (κ2) is 6.26. The summed E-state index contributed by atoms with van der Waals surface area (Å²) in [6, 6.07) is 5.60. The maximum absolute atomic E-state index is 12.8. The summed E-state index contributed by atoms with van der Waals surface area (Å²) in [5.74, 6) is 0.0123. The van der Waals surface area contributed by atoms with Crippen LogP contribution in [-0.2, 0) is 16.1 Å². The smallest absolute Gasteiger partial charge is 0.255 e. The average Bonchev–Trinajstić information content (AvgIpc) is 2.96. The quantitative estimate of drug-likeness (QED) is 0.822. The maximum Gasteiger partial charge on any atom is 0.255 e. The molecule has 25 heavy (non-hydrogen) atoms. The molecule has 0 saturated carbocycles. The summed E-state index contributed by atoms with van der Waals surface area (Å²) >= 11 is 0. The van der Waals surface area contributed by atoms with Crippen LogP contribution in [0.15, 0.2) is 18.2 Å². The largest absolute Gasteiger partial charge is 0.322 e. The summed E-state index contributed by atoms with van der Waals surface area (Å²) in [7, 11) is 1.50. The summed E-state index contributed by atoms with van der Waals surface area (Å²) in [4.78, 5) is 39.7. The fourth-order valence-electron chi connectivity index (χ4n) is 4.21. The van der Waals surface area contributed by atoms with Gasteiger partial charge in [0, 0.05) is 25.6 Å². The molecule has 4 rings (SSSR count). The minimum Gasteiger partial charge on any atom is -0.322 e. The van der Waals surface area contributed by atoms with Crippen LogP contribution in [0.1, 0.15) is 53.1 Å². The number of hydrogen-bond donors (Lipinski definition) is 1. The molecule has 1 unspecified atom stereocenters. The van der Waals surface area contributed by atoms with E-state index in [1.54, 1.807) is 4.90 Å². The predicted molar refractivity (Wildman–Crippen MR) is 92.0 cm³/mol. The van der Waals surface area contributed by atoms with Crippen LogP contribution < -0.4 is 5.32 Å². The lowest BCUT2D eigenvalue weighted by Crippen LogP contribution is -2.53. The molecule has 3 heterocycles. The Morgan fingerprint density at radius 3 is 2.60 bits per heavy atom. The number of benzene rings is 1. The number of carbonyl (C=O) groups is 3. The topological polar surface area (TPSA) is 69.7 Å². The first-order valence-corrected chi connectivity index (χ1v) is 9.01. The molecule has 3 aliphatic rings. The Bertz CT molecular complexity index is 739. The third kappa shape index (κ3) is 2.74. The summed E-state index contributed by atoms with van der Waals surface area (Å²) in [6.07, 6.45) is 2.96. The molecule has 3 aliphatic heterocycles. The summed E-state index contributed by atoms with van der Waals surface area (Å²) < 4.78 is 0. The van der Waals surface area contributed by atoms with Gasteiger partial charge in [0.2, 0.25) is 5.91 Å². The highest BCUT2D eigenvalue weighted by Gasteiger charge is 2.41. The maximum atomic E-state index is 12.8. The van der Waals surface area contributed by atoms with Gasteiger partial charge in [0.15, 0.2) is 0 Å². The number of nitrogens with one attached hydrogen (secondary N) is 1. The van der Waals surface area contributed by atoms with Gasteiger partial charge >= 0.3 is 0 Å². The number of fused-ring (bicyclic) bond motifs is 1. The summed E-state index contributed by atoms with van der Waals surface area (Å²) in [5, 5.41) is 3.37. The van der Waals surface area contributed by atoms with Crippen molar-refractivity contribution < 1.29 is 14.4 Å². The number of likely N-dealkylation sites (N-methyl/N-ethyl adjacent to an activating group) is 1. The fourth-order valence-corrected chi connectivity index (χ4v) is 4.21. The molecule has 1 N–H and O–H groups in total. The highest BCUT2D eigenvalue weighted by molar-refractivity contribution is 6.05. The lowest BCUT2D eigenvalue weighted by molar-refractivity contribution is -0.150. The number of hydrogen-bond acceptors (Lipinski definition) is 4. The first-order chi connectivity index (χ1) is 12.1. The van der Waals surface area contributed by atoms with Gasteiger partial charge in [-0.05, 0) is 55.5 Å². The van der Waals surface area contributed by atoms with Crippen molar-refractivity contribution in [1.29, 1.82) is 0 Å². The lowest BCUT2D eigenvalue weighted by Gasteiger charge is -2.33. The summed E-state index contributed by atoms with van der Waals surface area (Å²) in [6.45, 7) is 2.53. The van der Waals surface area contributed by atoms with Crippen molar-refractivity contribution in [3.05, 3.63) is 34.9 Å². The third-order valence-corrected chi connectivity index (χ3v) is 5.77. The molecular formula is C19H23N3O3. The van der Waals surface area contributed by atoms with E-state index in [0.29, 0.717) is 30.9 Å². The van der Waals surface area contributed by atoms with Gasteiger partial charge in [-0.1, -0.05) is 12.1 Å². The minimum atomic E-state index is -0.523. The SMILES string of the molecule is CN1C(=O)CCC(N2Cc3cc(C4CCNCC4)ccc3C2=O)C1=O. The number of rotatable bonds is 2. The molecule has 0 aromatic heterocycles. The second-order valence-corrected chi connectivity index (χ2v) is 7.22. The van der Waals surface area contributed by atoms with E-state index < -0.39 is 6.04 Å². The molecule has 1 aromatic carbocycles. The predicted octanol–water partition coefficient (Wildman–Crippen LogP) is 1.26. The van der Waals surface area contributed by atoms with Crippen LogP contribution in [0, 0.1) is 0 Å². The Kier molecular flexibility index (Phi) is 4.07. The van der Waals surface area contributed by atoms with Gasteiger partial charge in [-0.15, -0.1) is 0 Å². The molecule has 0 aliphatic carbocycles. The molecule has 6 nitrogen and oxygen atoms in total. The zero-order valence-corrected chi connectivity index (χ0v) is 14.5. The molecule has 0 radical (unpaired) electrons. The van der Waals surface area contributed by atoms with Crippen molar-refractivity contribution in [2.75, 3.05) is 20.1 Å². The molecule has 3 amide bonds. The van der Waals surface area contributed by atoms with Crippen molar-refractivity contribution in [2.24, 2.45) is 0 Å². The van der Waals surface area contributed by atoms with E-state index in [9.17, 15) is 14.4 Å². The van der Waals surface area contributed by atoms with Gasteiger partial charge in [0.25, 0.3) is 11.8 Å². The van der Waals surface area contributed by atoms with Crippen molar-refractivity contribution in [1.82, 2.24) is 15.1 Å². The van der Waals surface area contributed by atoms with Gasteiger partial charge in [0.05, 0.1) is 0 Å². The number of piperidine rings is 2. The molecule has 6 heteroatoms. The number of likely N-dealkylation sites (tertiary alicyclic amines) is 1. The Hall–Kier alpha value is -2.21. The Labute approximate surface area is 147 Å². The van der Waals surface area contributed by atoms with Gasteiger partial charge in [0.1, 0.15) is 6.04 Å². The van der Waals surface area contributed by atoms with Crippen molar-refractivity contribution >= 4 is 17.7 Å². The van der Waals surface area contributed by atoms with Crippen LogP contribution in [0.25, 0.3) is 0 Å². The number of imide groups is 1. The van der Waals surface area contributed by atoms with E-state index in [0.717, 1.165) is 36.4 Å². The van der Waals surface area contributed by atoms with Gasteiger partial charge in [-0.25, -0.2) is 0 Å². The first kappa shape index (κ1) is 16.3. The van der Waals surface area contributed by atoms with E-state index in [-0.39, 0.29) is 17.7 Å². The second-order valence-electron chi connectivity index (χ2n) is 7.22. The molecule has 1 atom stereocenters. The van der Waals surface area contributed by atoms with Crippen LogP contribution in [0.3, 0.4) is 0 Å². The van der Waals surface area contributed by atoms with E-state index >= 15 is 0 Å². The molecular weight excluding hydrogens is 318 g/mol. The van der Waals surface area contributed by atoms with Crippen LogP contribution >= 0.6 is 0 Å². The normalized spacial score (nSPS) is 24.8. The highest BCUT2D eigenvalue weighted by atomic mass is 16.2. The van der Waals surface area contributed by atoms with Gasteiger partial charge < -0.3 is 10.2 Å². The number of carbonyl (C=O) groups excluding carboxylic acids is 3. The van der Waals surface area contributed by atoms with E-state index in [2.05, 4.69) is 17.4 Å². The first-order valence-electron chi connectivity index (χ1n) is 9.01.